The summed E-state index contributed by atoms with van der Waals surface area (Å²) in [5, 5.41) is 0. The van der Waals surface area contributed by atoms with Gasteiger partial charge in [0, 0.05) is 10.2 Å². The second-order valence-electron chi connectivity index (χ2n) is 4.29. The zero-order valence-corrected chi connectivity index (χ0v) is 11.8. The average molecular weight is 306 g/mol. The van der Waals surface area contributed by atoms with E-state index in [0.29, 0.717) is 11.3 Å². The summed E-state index contributed by atoms with van der Waals surface area (Å²) in [5.41, 5.74) is 6.95. The maximum Gasteiger partial charge on any atom is 0.154 e. The third-order valence-electron chi connectivity index (χ3n) is 2.07. The second kappa shape index (κ2) is 5.19. The summed E-state index contributed by atoms with van der Waals surface area (Å²) >= 11 is 3.29. The van der Waals surface area contributed by atoms with Crippen LogP contribution in [-0.4, -0.2) is 14.2 Å². The van der Waals surface area contributed by atoms with Gasteiger partial charge in [-0.15, -0.1) is 0 Å². The molecule has 1 aromatic carbocycles. The summed E-state index contributed by atoms with van der Waals surface area (Å²) in [5.74, 6) is 0.356. The summed E-state index contributed by atoms with van der Waals surface area (Å²) in [6, 6.07) is 5.27. The lowest BCUT2D eigenvalue weighted by molar-refractivity contribution is 0.581. The molecule has 0 aliphatic carbocycles. The average Bonchev–Trinajstić information content (AvgIpc) is 2.07. The van der Waals surface area contributed by atoms with Gasteiger partial charge >= 0.3 is 0 Å². The predicted molar refractivity (Wildman–Crippen MR) is 70.9 cm³/mol. The van der Waals surface area contributed by atoms with Crippen LogP contribution in [0.3, 0.4) is 0 Å². The first-order chi connectivity index (χ1) is 7.30. The molecule has 0 bridgehead atoms. The van der Waals surface area contributed by atoms with Crippen molar-refractivity contribution in [1.29, 1.82) is 0 Å². The normalized spacial score (nSPS) is 12.0. The number of hydrogen-bond acceptors (Lipinski definition) is 3. The molecule has 0 atom stereocenters. The van der Waals surface area contributed by atoms with Gasteiger partial charge in [0.1, 0.15) is 0 Å². The van der Waals surface area contributed by atoms with Crippen molar-refractivity contribution in [2.24, 2.45) is 5.92 Å². The van der Waals surface area contributed by atoms with Crippen molar-refractivity contribution in [2.75, 3.05) is 11.5 Å². The molecule has 0 radical (unpaired) electrons. The fourth-order valence-corrected chi connectivity index (χ4v) is 3.75. The van der Waals surface area contributed by atoms with Crippen molar-refractivity contribution in [1.82, 2.24) is 0 Å². The molecule has 0 aromatic heterocycles. The molecule has 0 saturated carbocycles. The highest BCUT2D eigenvalue weighted by molar-refractivity contribution is 9.10. The van der Waals surface area contributed by atoms with Crippen LogP contribution in [-0.2, 0) is 15.6 Å². The summed E-state index contributed by atoms with van der Waals surface area (Å²) in [6.07, 6.45) is 0. The van der Waals surface area contributed by atoms with Gasteiger partial charge in [-0.3, -0.25) is 0 Å². The van der Waals surface area contributed by atoms with Gasteiger partial charge < -0.3 is 5.73 Å². The Kier molecular flexibility index (Phi) is 4.38. The number of nitrogens with two attached hydrogens (primary N) is 1. The zero-order chi connectivity index (χ0) is 12.3. The lowest BCUT2D eigenvalue weighted by Crippen LogP contribution is -2.14. The van der Waals surface area contributed by atoms with Crippen molar-refractivity contribution in [2.45, 2.75) is 19.6 Å². The Balaban J connectivity index is 2.88. The molecule has 0 fully saturated rings. The van der Waals surface area contributed by atoms with E-state index in [-0.39, 0.29) is 17.4 Å². The maximum absolute atomic E-state index is 11.8. The van der Waals surface area contributed by atoms with Gasteiger partial charge in [-0.25, -0.2) is 8.42 Å². The van der Waals surface area contributed by atoms with Crippen LogP contribution in [0.2, 0.25) is 0 Å². The second-order valence-corrected chi connectivity index (χ2v) is 7.32. The number of benzene rings is 1. The third-order valence-corrected chi connectivity index (χ3v) is 4.49. The summed E-state index contributed by atoms with van der Waals surface area (Å²) in [7, 11) is -3.06. The highest BCUT2D eigenvalue weighted by Gasteiger charge is 2.15. The van der Waals surface area contributed by atoms with Gasteiger partial charge in [0.05, 0.1) is 11.5 Å². The van der Waals surface area contributed by atoms with Crippen LogP contribution < -0.4 is 5.73 Å². The van der Waals surface area contributed by atoms with Crippen LogP contribution in [0.15, 0.2) is 22.7 Å². The first-order valence-corrected chi connectivity index (χ1v) is 7.66. The Bertz CT molecular complexity index is 469. The first-order valence-electron chi connectivity index (χ1n) is 5.04. The van der Waals surface area contributed by atoms with Crippen LogP contribution in [0.1, 0.15) is 19.4 Å². The number of hydrogen-bond donors (Lipinski definition) is 1. The molecule has 0 spiro atoms. The van der Waals surface area contributed by atoms with Gasteiger partial charge in [0.25, 0.3) is 0 Å². The van der Waals surface area contributed by atoms with E-state index in [2.05, 4.69) is 15.9 Å². The molecule has 0 amide bonds. The smallest absolute Gasteiger partial charge is 0.154 e. The number of halogens is 1. The van der Waals surface area contributed by atoms with Crippen LogP contribution in [0.5, 0.6) is 0 Å². The molecule has 0 aliphatic rings. The van der Waals surface area contributed by atoms with Crippen LogP contribution in [0, 0.1) is 5.92 Å². The molecule has 3 nitrogen and oxygen atoms in total. The molecule has 5 heteroatoms. The van der Waals surface area contributed by atoms with E-state index in [1.54, 1.807) is 18.2 Å². The van der Waals surface area contributed by atoms with Crippen molar-refractivity contribution < 1.29 is 8.42 Å². The lowest BCUT2D eigenvalue weighted by atomic mass is 10.2. The Labute approximate surface area is 105 Å². The van der Waals surface area contributed by atoms with E-state index in [1.807, 2.05) is 13.8 Å². The van der Waals surface area contributed by atoms with Gasteiger partial charge in [-0.05, 0) is 23.6 Å². The van der Waals surface area contributed by atoms with Crippen molar-refractivity contribution in [3.63, 3.8) is 0 Å². The molecule has 16 heavy (non-hydrogen) atoms. The van der Waals surface area contributed by atoms with E-state index in [0.717, 1.165) is 4.47 Å². The number of rotatable bonds is 4. The van der Waals surface area contributed by atoms with Crippen molar-refractivity contribution in [3.8, 4) is 0 Å². The summed E-state index contributed by atoms with van der Waals surface area (Å²) in [6.45, 7) is 3.78. The molecule has 1 aromatic rings. The highest BCUT2D eigenvalue weighted by atomic mass is 79.9. The van der Waals surface area contributed by atoms with Gasteiger partial charge in [-0.2, -0.15) is 0 Å². The quantitative estimate of drug-likeness (QED) is 0.870. The molecule has 0 aliphatic heterocycles. The molecule has 90 valence electrons. The molecule has 0 unspecified atom stereocenters. The Morgan fingerprint density at radius 2 is 2.00 bits per heavy atom. The molecular weight excluding hydrogens is 290 g/mol. The predicted octanol–water partition coefficient (Wildman–Crippen LogP) is 2.60. The van der Waals surface area contributed by atoms with Gasteiger partial charge in [0.2, 0.25) is 0 Å². The Morgan fingerprint density at radius 1 is 1.38 bits per heavy atom. The minimum absolute atomic E-state index is 0.0181. The van der Waals surface area contributed by atoms with E-state index in [4.69, 9.17) is 5.73 Å². The molecular formula is C11H16BrNO2S. The molecule has 1 rings (SSSR count). The highest BCUT2D eigenvalue weighted by Crippen LogP contribution is 2.21. The first kappa shape index (κ1) is 13.5. The zero-order valence-electron chi connectivity index (χ0n) is 9.40. The summed E-state index contributed by atoms with van der Waals surface area (Å²) in [4.78, 5) is 0. The maximum atomic E-state index is 11.8. The van der Waals surface area contributed by atoms with Gasteiger partial charge in [-0.1, -0.05) is 35.8 Å². The van der Waals surface area contributed by atoms with E-state index in [9.17, 15) is 8.42 Å². The SMILES string of the molecule is CC(C)CS(=O)(=O)Cc1ccc(Br)cc1N. The fourth-order valence-electron chi connectivity index (χ4n) is 1.50. The lowest BCUT2D eigenvalue weighted by Gasteiger charge is -2.09. The topological polar surface area (TPSA) is 60.2 Å². The Hall–Kier alpha value is -0.550. The largest absolute Gasteiger partial charge is 0.398 e. The third kappa shape index (κ3) is 4.14. The standard InChI is InChI=1S/C11H16BrNO2S/c1-8(2)6-16(14,15)7-9-3-4-10(12)5-11(9)13/h3-5,8H,6-7,13H2,1-2H3. The number of nitrogen functional groups attached to an aromatic ring is 1. The molecule has 0 heterocycles. The number of sulfone groups is 1. The van der Waals surface area contributed by atoms with Crippen LogP contribution in [0.4, 0.5) is 5.69 Å². The minimum atomic E-state index is -3.06. The molecule has 0 saturated heterocycles. The van der Waals surface area contributed by atoms with E-state index >= 15 is 0 Å². The fraction of sp³-hybridized carbons (Fsp3) is 0.455. The van der Waals surface area contributed by atoms with Gasteiger partial charge in [0.15, 0.2) is 9.84 Å². The summed E-state index contributed by atoms with van der Waals surface area (Å²) < 4.78 is 24.4. The minimum Gasteiger partial charge on any atom is -0.398 e. The number of anilines is 1. The van der Waals surface area contributed by atoms with E-state index in [1.165, 1.54) is 0 Å². The monoisotopic (exact) mass is 305 g/mol. The van der Waals surface area contributed by atoms with Crippen LogP contribution >= 0.6 is 15.9 Å². The van der Waals surface area contributed by atoms with Crippen molar-refractivity contribution in [3.05, 3.63) is 28.2 Å². The Morgan fingerprint density at radius 3 is 2.50 bits per heavy atom. The van der Waals surface area contributed by atoms with Crippen LogP contribution in [0.25, 0.3) is 0 Å². The van der Waals surface area contributed by atoms with Crippen molar-refractivity contribution >= 4 is 31.5 Å². The molecule has 2 N–H and O–H groups in total. The van der Waals surface area contributed by atoms with E-state index < -0.39 is 9.84 Å².